The quantitative estimate of drug-likeness (QED) is 0.646. The molecule has 1 aliphatic rings. The molecular weight excluding hydrogens is 382 g/mol. The van der Waals surface area contributed by atoms with Crippen LogP contribution in [0.4, 0.5) is 5.82 Å². The second kappa shape index (κ2) is 7.87. The van der Waals surface area contributed by atoms with E-state index in [9.17, 15) is 10.1 Å². The highest BCUT2D eigenvalue weighted by Gasteiger charge is 2.25. The lowest BCUT2D eigenvalue weighted by molar-refractivity contribution is 0.291. The number of aryl methyl sites for hydroxylation is 1. The number of hydrogen-bond acceptors (Lipinski definition) is 7. The van der Waals surface area contributed by atoms with Crippen LogP contribution in [0.1, 0.15) is 23.7 Å². The van der Waals surface area contributed by atoms with Crippen molar-refractivity contribution in [2.24, 2.45) is 0 Å². The van der Waals surface area contributed by atoms with Gasteiger partial charge in [-0.2, -0.15) is 10.2 Å². The topological polar surface area (TPSA) is 93.3 Å². The van der Waals surface area contributed by atoms with Crippen LogP contribution < -0.4 is 20.1 Å². The number of benzene rings is 1. The Labute approximate surface area is 174 Å². The highest BCUT2D eigenvalue weighted by molar-refractivity contribution is 5.48. The summed E-state index contributed by atoms with van der Waals surface area (Å²) < 4.78 is 13.2. The summed E-state index contributed by atoms with van der Waals surface area (Å²) in [6.45, 7) is 4.71. The number of likely N-dealkylation sites (N-methyl/N-ethyl adjacent to an activating group) is 1. The van der Waals surface area contributed by atoms with Gasteiger partial charge in [0.1, 0.15) is 30.0 Å². The molecule has 0 bridgehead atoms. The number of fused-ring (bicyclic) bond motifs is 1. The zero-order chi connectivity index (χ0) is 21.3. The van der Waals surface area contributed by atoms with Crippen LogP contribution in [0.2, 0.25) is 0 Å². The molecule has 152 valence electrons. The molecule has 8 heteroatoms. The standard InChI is InChI=1S/C22H21N5O3/c1-14-8-18(6-7-24-14)30-19-5-4-16(9-17(19)11-23)13-29-20-10-21-26(3)15(2)12-27(21)22(28)25-20/h4-10,15H,12-13H2,1-3H3/t15-/m1/s1. The monoisotopic (exact) mass is 403 g/mol. The SMILES string of the molecule is Cc1cc(Oc2ccc(COc3cc4n(c(=O)n3)C[C@@H](C)N4C)cc2C#N)ccn1. The molecule has 3 aromatic rings. The van der Waals surface area contributed by atoms with Crippen LogP contribution in [0.15, 0.2) is 47.4 Å². The summed E-state index contributed by atoms with van der Waals surface area (Å²) >= 11 is 0. The molecule has 0 amide bonds. The van der Waals surface area contributed by atoms with Crippen molar-refractivity contribution in [2.45, 2.75) is 33.0 Å². The van der Waals surface area contributed by atoms with Gasteiger partial charge in [0.2, 0.25) is 5.88 Å². The molecule has 0 radical (unpaired) electrons. The fourth-order valence-corrected chi connectivity index (χ4v) is 3.33. The zero-order valence-electron chi connectivity index (χ0n) is 17.0. The number of aromatic nitrogens is 3. The van der Waals surface area contributed by atoms with Crippen molar-refractivity contribution in [1.82, 2.24) is 14.5 Å². The molecule has 8 nitrogen and oxygen atoms in total. The largest absolute Gasteiger partial charge is 0.473 e. The van der Waals surface area contributed by atoms with Gasteiger partial charge in [-0.25, -0.2) is 4.79 Å². The molecular formula is C22H21N5O3. The molecule has 4 rings (SSSR count). The van der Waals surface area contributed by atoms with Gasteiger partial charge in [0.25, 0.3) is 0 Å². The Hall–Kier alpha value is -3.86. The summed E-state index contributed by atoms with van der Waals surface area (Å²) in [4.78, 5) is 22.4. The van der Waals surface area contributed by atoms with Crippen molar-refractivity contribution in [3.05, 3.63) is 69.9 Å². The third kappa shape index (κ3) is 3.82. The first kappa shape index (κ1) is 19.5. The molecule has 3 heterocycles. The molecule has 0 unspecified atom stereocenters. The van der Waals surface area contributed by atoms with E-state index >= 15 is 0 Å². The van der Waals surface area contributed by atoms with E-state index < -0.39 is 0 Å². The van der Waals surface area contributed by atoms with Crippen molar-refractivity contribution in [3.8, 4) is 23.4 Å². The summed E-state index contributed by atoms with van der Waals surface area (Å²) in [5.41, 5.74) is 1.66. The molecule has 1 aromatic carbocycles. The normalized spacial score (nSPS) is 14.9. The summed E-state index contributed by atoms with van der Waals surface area (Å²) in [5, 5.41) is 9.51. The second-order valence-corrected chi connectivity index (χ2v) is 7.27. The van der Waals surface area contributed by atoms with Crippen LogP contribution in [0.5, 0.6) is 17.4 Å². The number of nitrogens with zero attached hydrogens (tertiary/aromatic N) is 5. The fourth-order valence-electron chi connectivity index (χ4n) is 3.33. The lowest BCUT2D eigenvalue weighted by Gasteiger charge is -2.16. The molecule has 0 saturated heterocycles. The van der Waals surface area contributed by atoms with Crippen LogP contribution in [0.25, 0.3) is 0 Å². The van der Waals surface area contributed by atoms with Crippen LogP contribution in [-0.2, 0) is 13.2 Å². The molecule has 0 fully saturated rings. The average Bonchev–Trinajstić information content (AvgIpc) is 3.02. The Morgan fingerprint density at radius 3 is 2.87 bits per heavy atom. The van der Waals surface area contributed by atoms with Gasteiger partial charge in [0.15, 0.2) is 0 Å². The van der Waals surface area contributed by atoms with E-state index in [0.717, 1.165) is 17.1 Å². The number of nitriles is 1. The predicted molar refractivity (Wildman–Crippen MR) is 111 cm³/mol. The summed E-state index contributed by atoms with van der Waals surface area (Å²) in [7, 11) is 1.94. The van der Waals surface area contributed by atoms with Crippen molar-refractivity contribution in [1.29, 1.82) is 5.26 Å². The molecule has 1 atom stereocenters. The van der Waals surface area contributed by atoms with E-state index in [1.807, 2.05) is 31.9 Å². The first-order valence-electron chi connectivity index (χ1n) is 9.55. The number of rotatable bonds is 5. The van der Waals surface area contributed by atoms with Gasteiger partial charge >= 0.3 is 5.69 Å². The van der Waals surface area contributed by atoms with Gasteiger partial charge in [-0.1, -0.05) is 6.07 Å². The lowest BCUT2D eigenvalue weighted by atomic mass is 10.1. The van der Waals surface area contributed by atoms with E-state index in [0.29, 0.717) is 23.6 Å². The minimum atomic E-state index is -0.326. The Kier molecular flexibility index (Phi) is 5.11. The van der Waals surface area contributed by atoms with Crippen LogP contribution in [0, 0.1) is 18.3 Å². The van der Waals surface area contributed by atoms with Crippen molar-refractivity contribution in [2.75, 3.05) is 11.9 Å². The van der Waals surface area contributed by atoms with Crippen molar-refractivity contribution >= 4 is 5.82 Å². The van der Waals surface area contributed by atoms with E-state index in [2.05, 4.69) is 16.0 Å². The maximum Gasteiger partial charge on any atom is 0.352 e. The molecule has 0 spiro atoms. The maximum absolute atomic E-state index is 12.3. The van der Waals surface area contributed by atoms with E-state index in [-0.39, 0.29) is 24.2 Å². The van der Waals surface area contributed by atoms with Gasteiger partial charge < -0.3 is 14.4 Å². The number of hydrogen-bond donors (Lipinski definition) is 0. The molecule has 0 saturated carbocycles. The van der Waals surface area contributed by atoms with Crippen LogP contribution in [-0.4, -0.2) is 27.6 Å². The van der Waals surface area contributed by atoms with Gasteiger partial charge in [-0.3, -0.25) is 9.55 Å². The molecule has 2 aromatic heterocycles. The Morgan fingerprint density at radius 1 is 1.27 bits per heavy atom. The third-order valence-electron chi connectivity index (χ3n) is 5.08. The summed E-state index contributed by atoms with van der Waals surface area (Å²) in [6.07, 6.45) is 1.66. The first-order chi connectivity index (χ1) is 14.4. The second-order valence-electron chi connectivity index (χ2n) is 7.27. The zero-order valence-corrected chi connectivity index (χ0v) is 17.0. The smallest absolute Gasteiger partial charge is 0.352 e. The highest BCUT2D eigenvalue weighted by atomic mass is 16.5. The third-order valence-corrected chi connectivity index (χ3v) is 5.08. The van der Waals surface area contributed by atoms with E-state index in [1.54, 1.807) is 41.1 Å². The maximum atomic E-state index is 12.3. The van der Waals surface area contributed by atoms with Gasteiger partial charge in [0, 0.05) is 43.7 Å². The summed E-state index contributed by atoms with van der Waals surface area (Å²) in [5.74, 6) is 2.12. The van der Waals surface area contributed by atoms with Gasteiger partial charge in [-0.15, -0.1) is 0 Å². The Bertz CT molecular complexity index is 1200. The van der Waals surface area contributed by atoms with Gasteiger partial charge in [0.05, 0.1) is 5.56 Å². The van der Waals surface area contributed by atoms with Crippen molar-refractivity contribution < 1.29 is 9.47 Å². The fraction of sp³-hybridized carbons (Fsp3) is 0.273. The van der Waals surface area contributed by atoms with E-state index in [1.165, 1.54) is 0 Å². The number of anilines is 1. The lowest BCUT2D eigenvalue weighted by Crippen LogP contribution is -2.23. The van der Waals surface area contributed by atoms with Crippen molar-refractivity contribution in [3.63, 3.8) is 0 Å². The molecule has 0 aliphatic carbocycles. The summed E-state index contributed by atoms with van der Waals surface area (Å²) in [6, 6.07) is 12.9. The van der Waals surface area contributed by atoms with Crippen LogP contribution >= 0.6 is 0 Å². The minimum Gasteiger partial charge on any atom is -0.473 e. The molecule has 1 aliphatic heterocycles. The highest BCUT2D eigenvalue weighted by Crippen LogP contribution is 2.27. The Morgan fingerprint density at radius 2 is 2.10 bits per heavy atom. The molecule has 0 N–H and O–H groups in total. The first-order valence-corrected chi connectivity index (χ1v) is 9.55. The number of ether oxygens (including phenoxy) is 2. The Balaban J connectivity index is 1.50. The predicted octanol–water partition coefficient (Wildman–Crippen LogP) is 3.03. The van der Waals surface area contributed by atoms with E-state index in [4.69, 9.17) is 9.47 Å². The average molecular weight is 403 g/mol. The number of pyridine rings is 1. The van der Waals surface area contributed by atoms with Crippen LogP contribution in [0.3, 0.4) is 0 Å². The molecule has 30 heavy (non-hydrogen) atoms. The van der Waals surface area contributed by atoms with Gasteiger partial charge in [-0.05, 0) is 37.6 Å². The minimum absolute atomic E-state index is 0.179.